The minimum atomic E-state index is -0.971. The van der Waals surface area contributed by atoms with Crippen LogP contribution in [-0.2, 0) is 22.7 Å². The highest BCUT2D eigenvalue weighted by Crippen LogP contribution is 2.29. The van der Waals surface area contributed by atoms with Gasteiger partial charge in [0.2, 0.25) is 5.91 Å². The lowest BCUT2D eigenvalue weighted by atomic mass is 9.92. The Balaban J connectivity index is 1.92. The molecule has 4 atom stereocenters. The van der Waals surface area contributed by atoms with Gasteiger partial charge in [0.15, 0.2) is 0 Å². The largest absolute Gasteiger partial charge is 0.390 e. The average Bonchev–Trinajstić information content (AvgIpc) is 2.99. The third-order valence-electron chi connectivity index (χ3n) is 4.14. The number of aromatic nitrogens is 3. The molecule has 4 unspecified atom stereocenters. The highest BCUT2D eigenvalue weighted by Gasteiger charge is 2.42. The first kappa shape index (κ1) is 18.8. The van der Waals surface area contributed by atoms with E-state index in [1.54, 1.807) is 18.0 Å². The van der Waals surface area contributed by atoms with Crippen molar-refractivity contribution in [1.29, 1.82) is 0 Å². The zero-order valence-electron chi connectivity index (χ0n) is 14.8. The topological polar surface area (TPSA) is 110 Å². The van der Waals surface area contributed by atoms with Crippen molar-refractivity contribution in [2.24, 2.45) is 11.3 Å². The zero-order chi connectivity index (χ0) is 17.9. The van der Waals surface area contributed by atoms with Crippen molar-refractivity contribution in [3.8, 4) is 0 Å². The van der Waals surface area contributed by atoms with E-state index in [1.807, 2.05) is 20.8 Å². The molecule has 1 heterocycles. The molecule has 24 heavy (non-hydrogen) atoms. The highest BCUT2D eigenvalue weighted by molar-refractivity contribution is 5.77. The summed E-state index contributed by atoms with van der Waals surface area (Å²) in [6.45, 7) is 6.76. The van der Waals surface area contributed by atoms with E-state index in [2.05, 4.69) is 15.6 Å². The molecule has 2 rings (SSSR count). The van der Waals surface area contributed by atoms with Gasteiger partial charge in [-0.2, -0.15) is 0 Å². The molecule has 0 saturated heterocycles. The van der Waals surface area contributed by atoms with Crippen LogP contribution in [0.15, 0.2) is 6.20 Å². The molecule has 136 valence electrons. The lowest BCUT2D eigenvalue weighted by Gasteiger charge is -2.22. The molecule has 1 saturated carbocycles. The van der Waals surface area contributed by atoms with Gasteiger partial charge in [-0.1, -0.05) is 26.0 Å². The Kier molecular flexibility index (Phi) is 5.95. The summed E-state index contributed by atoms with van der Waals surface area (Å²) in [7, 11) is 1.58. The maximum atomic E-state index is 12.1. The van der Waals surface area contributed by atoms with Gasteiger partial charge in [-0.25, -0.2) is 0 Å². The van der Waals surface area contributed by atoms with Crippen molar-refractivity contribution < 1.29 is 19.7 Å². The molecule has 1 aromatic heterocycles. The summed E-state index contributed by atoms with van der Waals surface area (Å²) in [5, 5.41) is 31.3. The summed E-state index contributed by atoms with van der Waals surface area (Å²) >= 11 is 0. The van der Waals surface area contributed by atoms with Gasteiger partial charge in [-0.15, -0.1) is 5.10 Å². The molecule has 1 amide bonds. The van der Waals surface area contributed by atoms with Crippen LogP contribution < -0.4 is 5.32 Å². The number of amides is 1. The number of aliphatic hydroxyl groups excluding tert-OH is 2. The molecule has 3 N–H and O–H groups in total. The molecule has 0 spiro atoms. The van der Waals surface area contributed by atoms with Gasteiger partial charge >= 0.3 is 0 Å². The van der Waals surface area contributed by atoms with Gasteiger partial charge in [0.05, 0.1) is 24.9 Å². The number of carbonyl (C=O) groups is 1. The molecule has 1 fully saturated rings. The summed E-state index contributed by atoms with van der Waals surface area (Å²) in [6, 6.07) is -0.443. The molecule has 0 radical (unpaired) electrons. The summed E-state index contributed by atoms with van der Waals surface area (Å²) in [6.07, 6.45) is 0.757. The van der Waals surface area contributed by atoms with Crippen molar-refractivity contribution in [2.45, 2.75) is 65.0 Å². The summed E-state index contributed by atoms with van der Waals surface area (Å²) in [4.78, 5) is 12.1. The molecule has 1 aliphatic carbocycles. The van der Waals surface area contributed by atoms with Crippen LogP contribution in [0.2, 0.25) is 0 Å². The first-order valence-electron chi connectivity index (χ1n) is 8.23. The zero-order valence-corrected chi connectivity index (χ0v) is 14.8. The van der Waals surface area contributed by atoms with Crippen molar-refractivity contribution in [2.75, 3.05) is 7.11 Å². The second-order valence-electron chi connectivity index (χ2n) is 7.75. The van der Waals surface area contributed by atoms with Crippen LogP contribution in [0, 0.1) is 11.3 Å². The van der Waals surface area contributed by atoms with Gasteiger partial charge < -0.3 is 20.3 Å². The van der Waals surface area contributed by atoms with Crippen molar-refractivity contribution >= 4 is 5.91 Å². The average molecular weight is 340 g/mol. The Morgan fingerprint density at radius 3 is 2.75 bits per heavy atom. The third kappa shape index (κ3) is 4.99. The SMILES string of the molecule is COCc1cn(CC2CC(NC(=O)CC(C)(C)C)C(O)C2O)nn1. The van der Waals surface area contributed by atoms with Gasteiger partial charge in [-0.05, 0) is 11.8 Å². The number of nitrogens with zero attached hydrogens (tertiary/aromatic N) is 3. The molecule has 0 aliphatic heterocycles. The Morgan fingerprint density at radius 2 is 2.12 bits per heavy atom. The molecule has 1 aromatic rings. The summed E-state index contributed by atoms with van der Waals surface area (Å²) in [5.74, 6) is -0.306. The summed E-state index contributed by atoms with van der Waals surface area (Å²) in [5.41, 5.74) is 0.588. The maximum absolute atomic E-state index is 12.1. The standard InChI is InChI=1S/C16H28N4O4/c1-16(2,3)6-13(21)17-12-5-10(14(22)15(12)23)7-20-8-11(9-24-4)18-19-20/h8,10,12,14-15,22-23H,5-7,9H2,1-4H3,(H,17,21). The van der Waals surface area contributed by atoms with E-state index >= 15 is 0 Å². The lowest BCUT2D eigenvalue weighted by Crippen LogP contribution is -2.43. The number of hydrogen-bond donors (Lipinski definition) is 3. The number of carbonyl (C=O) groups excluding carboxylic acids is 1. The predicted octanol–water partition coefficient (Wildman–Crippen LogP) is 0.0872. The minimum absolute atomic E-state index is 0.109. The number of ether oxygens (including phenoxy) is 1. The van der Waals surface area contributed by atoms with E-state index in [9.17, 15) is 15.0 Å². The van der Waals surface area contributed by atoms with Crippen molar-refractivity contribution in [3.05, 3.63) is 11.9 Å². The Morgan fingerprint density at radius 1 is 1.42 bits per heavy atom. The van der Waals surface area contributed by atoms with Gasteiger partial charge in [0, 0.05) is 26.0 Å². The normalized spacial score (nSPS) is 27.4. The van der Waals surface area contributed by atoms with Crippen molar-refractivity contribution in [1.82, 2.24) is 20.3 Å². The predicted molar refractivity (Wildman–Crippen MR) is 86.9 cm³/mol. The number of aliphatic hydroxyl groups is 2. The van der Waals surface area contributed by atoms with Crippen LogP contribution in [-0.4, -0.2) is 56.5 Å². The minimum Gasteiger partial charge on any atom is -0.390 e. The van der Waals surface area contributed by atoms with Crippen LogP contribution in [0.3, 0.4) is 0 Å². The quantitative estimate of drug-likeness (QED) is 0.677. The van der Waals surface area contributed by atoms with Crippen LogP contribution in [0.1, 0.15) is 39.3 Å². The molecule has 8 heteroatoms. The Hall–Kier alpha value is -1.51. The molecule has 0 aromatic carbocycles. The second-order valence-corrected chi connectivity index (χ2v) is 7.75. The molecule has 8 nitrogen and oxygen atoms in total. The van der Waals surface area contributed by atoms with E-state index in [0.717, 1.165) is 0 Å². The van der Waals surface area contributed by atoms with Crippen LogP contribution in [0.4, 0.5) is 0 Å². The fraction of sp³-hybridized carbons (Fsp3) is 0.812. The lowest BCUT2D eigenvalue weighted by molar-refractivity contribution is -0.124. The number of rotatable bonds is 6. The van der Waals surface area contributed by atoms with E-state index in [0.29, 0.717) is 31.7 Å². The van der Waals surface area contributed by atoms with Gasteiger partial charge in [0.25, 0.3) is 0 Å². The van der Waals surface area contributed by atoms with E-state index < -0.39 is 18.2 Å². The van der Waals surface area contributed by atoms with Crippen LogP contribution in [0.25, 0.3) is 0 Å². The first-order chi connectivity index (χ1) is 11.2. The maximum Gasteiger partial charge on any atom is 0.220 e. The Labute approximate surface area is 142 Å². The highest BCUT2D eigenvalue weighted by atomic mass is 16.5. The second kappa shape index (κ2) is 7.58. The number of hydrogen-bond acceptors (Lipinski definition) is 6. The molecular weight excluding hydrogens is 312 g/mol. The fourth-order valence-corrected chi connectivity index (χ4v) is 3.07. The van der Waals surface area contributed by atoms with E-state index in [-0.39, 0.29) is 17.2 Å². The molecule has 0 bridgehead atoms. The van der Waals surface area contributed by atoms with Crippen LogP contribution in [0.5, 0.6) is 0 Å². The van der Waals surface area contributed by atoms with Crippen molar-refractivity contribution in [3.63, 3.8) is 0 Å². The number of methoxy groups -OCH3 is 1. The monoisotopic (exact) mass is 340 g/mol. The first-order valence-corrected chi connectivity index (χ1v) is 8.23. The van der Waals surface area contributed by atoms with Crippen LogP contribution >= 0.6 is 0 Å². The fourth-order valence-electron chi connectivity index (χ4n) is 3.07. The van der Waals surface area contributed by atoms with E-state index in [1.165, 1.54) is 0 Å². The summed E-state index contributed by atoms with van der Waals surface area (Å²) < 4.78 is 6.63. The molecule has 1 aliphatic rings. The molecular formula is C16H28N4O4. The Bertz CT molecular complexity index is 555. The van der Waals surface area contributed by atoms with E-state index in [4.69, 9.17) is 4.74 Å². The third-order valence-corrected chi connectivity index (χ3v) is 4.14. The number of nitrogens with one attached hydrogen (secondary N) is 1. The van der Waals surface area contributed by atoms with Gasteiger partial charge in [0.1, 0.15) is 11.8 Å². The smallest absolute Gasteiger partial charge is 0.220 e. The van der Waals surface area contributed by atoms with Gasteiger partial charge in [-0.3, -0.25) is 9.48 Å².